The zero-order valence-corrected chi connectivity index (χ0v) is 16.8. The molecule has 0 saturated carbocycles. The minimum atomic E-state index is -4.65. The number of nitrogens with zero attached hydrogens (tertiary/aromatic N) is 2. The molecule has 166 valence electrons. The van der Waals surface area contributed by atoms with E-state index in [2.05, 4.69) is 5.32 Å². The molecule has 1 aromatic carbocycles. The lowest BCUT2D eigenvalue weighted by Gasteiger charge is -2.23. The van der Waals surface area contributed by atoms with Crippen molar-refractivity contribution >= 4 is 29.3 Å². The van der Waals surface area contributed by atoms with Crippen LogP contribution in [0.5, 0.6) is 0 Å². The lowest BCUT2D eigenvalue weighted by molar-refractivity contribution is -0.146. The van der Waals surface area contributed by atoms with E-state index in [9.17, 15) is 32.3 Å². The van der Waals surface area contributed by atoms with Crippen LogP contribution in [-0.2, 0) is 25.4 Å². The summed E-state index contributed by atoms with van der Waals surface area (Å²) in [5.41, 5.74) is -1.41. The Morgan fingerprint density at radius 3 is 2.23 bits per heavy atom. The lowest BCUT2D eigenvalue weighted by Crippen LogP contribution is -2.45. The van der Waals surface area contributed by atoms with Gasteiger partial charge in [-0.25, -0.2) is 0 Å². The largest absolute Gasteiger partial charge is 0.418 e. The van der Waals surface area contributed by atoms with Gasteiger partial charge in [-0.15, -0.1) is 0 Å². The SMILES string of the molecule is CCN(CC(=O)Nc1ccccc1C(F)(F)F)C(=O)CN1C(=O)C2CC=CCC2C1=O. The summed E-state index contributed by atoms with van der Waals surface area (Å²) in [5, 5.41) is 2.18. The molecule has 1 N–H and O–H groups in total. The minimum absolute atomic E-state index is 0.0812. The fourth-order valence-corrected chi connectivity index (χ4v) is 3.84. The van der Waals surface area contributed by atoms with E-state index in [4.69, 9.17) is 0 Å². The Kier molecular flexibility index (Phi) is 6.47. The average molecular weight is 437 g/mol. The predicted octanol–water partition coefficient (Wildman–Crippen LogP) is 2.44. The highest BCUT2D eigenvalue weighted by Crippen LogP contribution is 2.35. The third kappa shape index (κ3) is 4.78. The van der Waals surface area contributed by atoms with Crippen molar-refractivity contribution in [1.82, 2.24) is 9.80 Å². The Bertz CT molecular complexity index is 903. The van der Waals surface area contributed by atoms with Crippen LogP contribution >= 0.6 is 0 Å². The van der Waals surface area contributed by atoms with Crippen molar-refractivity contribution in [2.75, 3.05) is 25.0 Å². The maximum absolute atomic E-state index is 13.1. The van der Waals surface area contributed by atoms with Crippen LogP contribution in [-0.4, -0.2) is 53.1 Å². The van der Waals surface area contributed by atoms with Gasteiger partial charge in [0.2, 0.25) is 23.6 Å². The van der Waals surface area contributed by atoms with Gasteiger partial charge in [0.05, 0.1) is 29.6 Å². The van der Waals surface area contributed by atoms with E-state index in [0.29, 0.717) is 12.8 Å². The van der Waals surface area contributed by atoms with Gasteiger partial charge in [0.25, 0.3) is 0 Å². The third-order valence-corrected chi connectivity index (χ3v) is 5.47. The number of para-hydroxylation sites is 1. The Balaban J connectivity index is 1.64. The second-order valence-corrected chi connectivity index (χ2v) is 7.42. The molecule has 2 atom stereocenters. The second kappa shape index (κ2) is 8.91. The number of imide groups is 1. The van der Waals surface area contributed by atoms with Crippen molar-refractivity contribution in [1.29, 1.82) is 0 Å². The fourth-order valence-electron chi connectivity index (χ4n) is 3.84. The number of hydrogen-bond donors (Lipinski definition) is 1. The Morgan fingerprint density at radius 1 is 1.10 bits per heavy atom. The molecule has 1 heterocycles. The van der Waals surface area contributed by atoms with Gasteiger partial charge < -0.3 is 10.2 Å². The average Bonchev–Trinajstić information content (AvgIpc) is 2.96. The molecule has 3 rings (SSSR count). The number of alkyl halides is 3. The number of anilines is 1. The number of hydrogen-bond acceptors (Lipinski definition) is 4. The van der Waals surface area contributed by atoms with Crippen LogP contribution in [0.4, 0.5) is 18.9 Å². The van der Waals surface area contributed by atoms with Crippen LogP contribution in [0.2, 0.25) is 0 Å². The number of likely N-dealkylation sites (tertiary alicyclic amines) is 1. The molecule has 1 fully saturated rings. The van der Waals surface area contributed by atoms with E-state index in [0.717, 1.165) is 21.9 Å². The van der Waals surface area contributed by atoms with Gasteiger partial charge >= 0.3 is 6.18 Å². The second-order valence-electron chi connectivity index (χ2n) is 7.42. The number of nitrogens with one attached hydrogen (secondary N) is 1. The summed E-state index contributed by atoms with van der Waals surface area (Å²) in [4.78, 5) is 52.0. The monoisotopic (exact) mass is 437 g/mol. The number of fused-ring (bicyclic) bond motifs is 1. The first-order valence-corrected chi connectivity index (χ1v) is 9.87. The molecule has 1 aliphatic carbocycles. The predicted molar refractivity (Wildman–Crippen MR) is 104 cm³/mol. The fraction of sp³-hybridized carbons (Fsp3) is 0.429. The van der Waals surface area contributed by atoms with E-state index in [1.165, 1.54) is 12.1 Å². The molecule has 1 aliphatic heterocycles. The zero-order valence-electron chi connectivity index (χ0n) is 16.8. The molecule has 4 amide bonds. The normalized spacial score (nSPS) is 20.6. The molecule has 7 nitrogen and oxygen atoms in total. The topological polar surface area (TPSA) is 86.8 Å². The number of carbonyl (C=O) groups excluding carboxylic acids is 4. The van der Waals surface area contributed by atoms with Gasteiger partial charge in [0.1, 0.15) is 6.54 Å². The number of halogens is 3. The molecule has 1 aromatic rings. The van der Waals surface area contributed by atoms with Gasteiger partial charge in [0.15, 0.2) is 0 Å². The molecule has 0 spiro atoms. The molecule has 31 heavy (non-hydrogen) atoms. The van der Waals surface area contributed by atoms with Crippen molar-refractivity contribution in [3.63, 3.8) is 0 Å². The van der Waals surface area contributed by atoms with E-state index in [1.54, 1.807) is 6.92 Å². The summed E-state index contributed by atoms with van der Waals surface area (Å²) in [7, 11) is 0. The van der Waals surface area contributed by atoms with Gasteiger partial charge in [-0.3, -0.25) is 24.1 Å². The summed E-state index contributed by atoms with van der Waals surface area (Å²) in [5.74, 6) is -3.20. The number of rotatable bonds is 6. The van der Waals surface area contributed by atoms with Crippen LogP contribution in [0.3, 0.4) is 0 Å². The molecule has 1 saturated heterocycles. The summed E-state index contributed by atoms with van der Waals surface area (Å²) in [6, 6.07) is 4.53. The highest BCUT2D eigenvalue weighted by atomic mass is 19.4. The summed E-state index contributed by atoms with van der Waals surface area (Å²) < 4.78 is 39.3. The van der Waals surface area contributed by atoms with Crippen molar-refractivity contribution in [2.45, 2.75) is 25.9 Å². The maximum Gasteiger partial charge on any atom is 0.418 e. The first kappa shape index (κ1) is 22.5. The van der Waals surface area contributed by atoms with Crippen molar-refractivity contribution in [3.05, 3.63) is 42.0 Å². The van der Waals surface area contributed by atoms with Crippen molar-refractivity contribution < 1.29 is 32.3 Å². The standard InChI is InChI=1S/C21H22F3N3O4/c1-2-26(11-17(28)25-16-10-6-5-9-15(16)21(22,23)24)18(29)12-27-19(30)13-7-3-4-8-14(13)20(27)31/h3-6,9-10,13-14H,2,7-8,11-12H2,1H3,(H,25,28). The highest BCUT2D eigenvalue weighted by molar-refractivity contribution is 6.07. The molecular formula is C21H22F3N3O4. The van der Waals surface area contributed by atoms with Crippen LogP contribution < -0.4 is 5.32 Å². The van der Waals surface area contributed by atoms with Gasteiger partial charge in [-0.1, -0.05) is 24.3 Å². The molecule has 2 unspecified atom stereocenters. The number of carbonyl (C=O) groups is 4. The third-order valence-electron chi connectivity index (χ3n) is 5.47. The van der Waals surface area contributed by atoms with Crippen LogP contribution in [0.1, 0.15) is 25.3 Å². The number of benzene rings is 1. The molecule has 0 radical (unpaired) electrons. The quantitative estimate of drug-likeness (QED) is 0.547. The summed E-state index contributed by atoms with van der Waals surface area (Å²) >= 11 is 0. The molecule has 10 heteroatoms. The molecular weight excluding hydrogens is 415 g/mol. The zero-order chi connectivity index (χ0) is 22.8. The van der Waals surface area contributed by atoms with Crippen molar-refractivity contribution in [3.8, 4) is 0 Å². The van der Waals surface area contributed by atoms with Crippen LogP contribution in [0.25, 0.3) is 0 Å². The number of allylic oxidation sites excluding steroid dienone is 2. The molecule has 2 aliphatic rings. The smallest absolute Gasteiger partial charge is 0.332 e. The Hall–Kier alpha value is -3.17. The first-order valence-electron chi connectivity index (χ1n) is 9.87. The van der Waals surface area contributed by atoms with Crippen LogP contribution in [0.15, 0.2) is 36.4 Å². The number of amides is 4. The highest BCUT2D eigenvalue weighted by Gasteiger charge is 2.47. The van der Waals surface area contributed by atoms with Gasteiger partial charge in [-0.05, 0) is 31.9 Å². The summed E-state index contributed by atoms with van der Waals surface area (Å²) in [6.45, 7) is 0.668. The van der Waals surface area contributed by atoms with E-state index < -0.39 is 66.0 Å². The lowest BCUT2D eigenvalue weighted by atomic mass is 9.85. The molecule has 0 aromatic heterocycles. The maximum atomic E-state index is 13.1. The minimum Gasteiger partial charge on any atom is -0.332 e. The Labute approximate surface area is 176 Å². The molecule has 0 bridgehead atoms. The summed E-state index contributed by atoms with van der Waals surface area (Å²) in [6.07, 6.45) is -0.0958. The Morgan fingerprint density at radius 2 is 1.68 bits per heavy atom. The van der Waals surface area contributed by atoms with Gasteiger partial charge in [0, 0.05) is 6.54 Å². The van der Waals surface area contributed by atoms with E-state index in [1.807, 2.05) is 12.2 Å². The number of likely N-dealkylation sites (N-methyl/N-ethyl adjacent to an activating group) is 1. The van der Waals surface area contributed by atoms with E-state index >= 15 is 0 Å². The van der Waals surface area contributed by atoms with Crippen LogP contribution in [0, 0.1) is 11.8 Å². The van der Waals surface area contributed by atoms with Gasteiger partial charge in [-0.2, -0.15) is 13.2 Å². The van der Waals surface area contributed by atoms with E-state index in [-0.39, 0.29) is 6.54 Å². The van der Waals surface area contributed by atoms with Crippen molar-refractivity contribution in [2.24, 2.45) is 11.8 Å². The first-order chi connectivity index (χ1) is 14.6.